The van der Waals surface area contributed by atoms with E-state index in [2.05, 4.69) is 17.1 Å². The lowest BCUT2D eigenvalue weighted by Crippen LogP contribution is -2.13. The molecule has 0 spiro atoms. The number of carbonyl (C=O) groups is 1. The molecule has 0 saturated carbocycles. The summed E-state index contributed by atoms with van der Waals surface area (Å²) in [6, 6.07) is 11.9. The van der Waals surface area contributed by atoms with Gasteiger partial charge in [0.15, 0.2) is 0 Å². The zero-order valence-corrected chi connectivity index (χ0v) is 21.2. The SMILES string of the molecule is C=C(/C=N\NC)c1cc2c(c(CN(C)C)c1O)c(C(=O)OCC)c(CSc1ccccc1)n2C. The molecular weight excluding hydrogens is 448 g/mol. The van der Waals surface area contributed by atoms with Gasteiger partial charge < -0.3 is 24.7 Å². The number of carbonyl (C=O) groups excluding carboxylic acids is 1. The van der Waals surface area contributed by atoms with Crippen LogP contribution in [0.3, 0.4) is 0 Å². The van der Waals surface area contributed by atoms with E-state index in [1.807, 2.05) is 67.0 Å². The summed E-state index contributed by atoms with van der Waals surface area (Å²) < 4.78 is 7.48. The van der Waals surface area contributed by atoms with Crippen molar-refractivity contribution in [1.29, 1.82) is 0 Å². The monoisotopic (exact) mass is 480 g/mol. The maximum absolute atomic E-state index is 13.2. The van der Waals surface area contributed by atoms with Crippen LogP contribution >= 0.6 is 11.8 Å². The number of nitrogens with one attached hydrogen (secondary N) is 1. The van der Waals surface area contributed by atoms with Gasteiger partial charge in [-0.05, 0) is 44.8 Å². The number of aromatic hydroxyl groups is 1. The first kappa shape index (κ1) is 25.4. The van der Waals surface area contributed by atoms with Crippen molar-refractivity contribution in [3.8, 4) is 5.75 Å². The molecule has 0 unspecified atom stereocenters. The second-order valence-corrected chi connectivity index (χ2v) is 9.14. The molecule has 34 heavy (non-hydrogen) atoms. The Bertz CT molecular complexity index is 1220. The average molecular weight is 481 g/mol. The van der Waals surface area contributed by atoms with Gasteiger partial charge in [0.25, 0.3) is 0 Å². The van der Waals surface area contributed by atoms with E-state index < -0.39 is 0 Å². The summed E-state index contributed by atoms with van der Waals surface area (Å²) in [6.45, 7) is 6.58. The number of thioether (sulfide) groups is 1. The molecule has 0 atom stereocenters. The van der Waals surface area contributed by atoms with Gasteiger partial charge >= 0.3 is 5.97 Å². The van der Waals surface area contributed by atoms with E-state index in [9.17, 15) is 9.90 Å². The smallest absolute Gasteiger partial charge is 0.340 e. The minimum atomic E-state index is -0.389. The number of nitrogens with zero attached hydrogens (tertiary/aromatic N) is 3. The van der Waals surface area contributed by atoms with Crippen LogP contribution in [0.2, 0.25) is 0 Å². The number of ether oxygens (including phenoxy) is 1. The minimum absolute atomic E-state index is 0.0900. The van der Waals surface area contributed by atoms with Gasteiger partial charge in [0.2, 0.25) is 0 Å². The van der Waals surface area contributed by atoms with Crippen LogP contribution in [0.25, 0.3) is 16.5 Å². The molecule has 0 aliphatic heterocycles. The number of esters is 1. The van der Waals surface area contributed by atoms with Gasteiger partial charge in [-0.15, -0.1) is 11.8 Å². The first-order valence-electron chi connectivity index (χ1n) is 11.0. The van der Waals surface area contributed by atoms with Gasteiger partial charge in [-0.2, -0.15) is 5.10 Å². The molecule has 7 nitrogen and oxygen atoms in total. The molecule has 0 aliphatic rings. The van der Waals surface area contributed by atoms with Crippen molar-refractivity contribution in [2.75, 3.05) is 27.7 Å². The zero-order chi connectivity index (χ0) is 24.8. The molecule has 0 bridgehead atoms. The Morgan fingerprint density at radius 1 is 1.32 bits per heavy atom. The highest BCUT2D eigenvalue weighted by molar-refractivity contribution is 7.98. The van der Waals surface area contributed by atoms with Crippen LogP contribution in [0.4, 0.5) is 0 Å². The number of fused-ring (bicyclic) bond motifs is 1. The Kier molecular flexibility index (Phi) is 8.41. The second kappa shape index (κ2) is 11.3. The third kappa shape index (κ3) is 5.29. The normalized spacial score (nSPS) is 11.5. The highest BCUT2D eigenvalue weighted by atomic mass is 32.2. The fourth-order valence-corrected chi connectivity index (χ4v) is 4.89. The molecule has 2 aromatic carbocycles. The fourth-order valence-electron chi connectivity index (χ4n) is 3.90. The number of aryl methyl sites for hydroxylation is 1. The van der Waals surface area contributed by atoms with Crippen molar-refractivity contribution in [2.45, 2.75) is 24.1 Å². The third-order valence-corrected chi connectivity index (χ3v) is 6.48. The second-order valence-electron chi connectivity index (χ2n) is 8.09. The number of benzene rings is 2. The molecule has 0 saturated heterocycles. The van der Waals surface area contributed by atoms with Gasteiger partial charge in [-0.25, -0.2) is 4.79 Å². The molecule has 3 aromatic rings. The van der Waals surface area contributed by atoms with Crippen LogP contribution in [-0.4, -0.2) is 54.5 Å². The maximum atomic E-state index is 13.2. The van der Waals surface area contributed by atoms with E-state index in [0.717, 1.165) is 16.1 Å². The van der Waals surface area contributed by atoms with Gasteiger partial charge in [-0.1, -0.05) is 24.8 Å². The summed E-state index contributed by atoms with van der Waals surface area (Å²) in [5, 5.41) is 16.1. The van der Waals surface area contributed by atoms with Gasteiger partial charge in [0.1, 0.15) is 5.75 Å². The predicted molar refractivity (Wildman–Crippen MR) is 141 cm³/mol. The lowest BCUT2D eigenvalue weighted by Gasteiger charge is -2.17. The standard InChI is InChI=1S/C26H32N4O3S/c1-7-33-26(32)24-22(16-34-18-11-9-8-10-12-18)30(6)21-13-19(17(2)14-28-27-3)25(31)20(23(21)24)15-29(4)5/h8-14,27,31H,2,7,15-16H2,1,3-6H3/b28-14-. The van der Waals surface area contributed by atoms with Crippen molar-refractivity contribution < 1.29 is 14.6 Å². The number of hydrogen-bond acceptors (Lipinski definition) is 7. The van der Waals surface area contributed by atoms with E-state index >= 15 is 0 Å². The van der Waals surface area contributed by atoms with Crippen LogP contribution in [0.1, 0.15) is 34.1 Å². The fraction of sp³-hybridized carbons (Fsp3) is 0.308. The lowest BCUT2D eigenvalue weighted by atomic mass is 9.96. The van der Waals surface area contributed by atoms with Crippen molar-refractivity contribution >= 4 is 40.4 Å². The third-order valence-electron chi connectivity index (χ3n) is 5.45. The Hall–Kier alpha value is -3.23. The molecule has 0 fully saturated rings. The first-order chi connectivity index (χ1) is 16.3. The van der Waals surface area contributed by atoms with E-state index in [1.165, 1.54) is 0 Å². The molecule has 0 amide bonds. The van der Waals surface area contributed by atoms with E-state index in [-0.39, 0.29) is 18.3 Å². The topological polar surface area (TPSA) is 79.1 Å². The summed E-state index contributed by atoms with van der Waals surface area (Å²) in [7, 11) is 7.49. The van der Waals surface area contributed by atoms with Crippen molar-refractivity contribution in [1.82, 2.24) is 14.9 Å². The van der Waals surface area contributed by atoms with Gasteiger partial charge in [0.05, 0.1) is 23.9 Å². The van der Waals surface area contributed by atoms with Crippen LogP contribution in [0, 0.1) is 0 Å². The highest BCUT2D eigenvalue weighted by Crippen LogP contribution is 2.40. The van der Waals surface area contributed by atoms with E-state index in [1.54, 1.807) is 31.9 Å². The summed E-state index contributed by atoms with van der Waals surface area (Å²) in [5.41, 5.74) is 6.67. The van der Waals surface area contributed by atoms with Crippen LogP contribution in [-0.2, 0) is 24.1 Å². The molecule has 0 aliphatic carbocycles. The number of hydrogen-bond donors (Lipinski definition) is 2. The number of allylic oxidation sites excluding steroid dienone is 1. The predicted octanol–water partition coefficient (Wildman–Crippen LogP) is 4.63. The average Bonchev–Trinajstić information content (AvgIpc) is 3.09. The molecule has 0 radical (unpaired) electrons. The first-order valence-corrected chi connectivity index (χ1v) is 12.0. The number of hydrazone groups is 1. The molecule has 1 aromatic heterocycles. The van der Waals surface area contributed by atoms with E-state index in [0.29, 0.717) is 39.9 Å². The molecule has 180 valence electrons. The summed E-state index contributed by atoms with van der Waals surface area (Å²) in [4.78, 5) is 16.3. The van der Waals surface area contributed by atoms with Crippen LogP contribution in [0.15, 0.2) is 53.0 Å². The number of phenols is 1. The van der Waals surface area contributed by atoms with Crippen molar-refractivity contribution in [2.24, 2.45) is 12.1 Å². The quantitative estimate of drug-likeness (QED) is 0.191. The number of aromatic nitrogens is 1. The van der Waals surface area contributed by atoms with Crippen LogP contribution in [0.5, 0.6) is 5.75 Å². The van der Waals surface area contributed by atoms with Crippen molar-refractivity contribution in [3.05, 3.63) is 65.4 Å². The Balaban J connectivity index is 2.29. The summed E-state index contributed by atoms with van der Waals surface area (Å²) >= 11 is 1.65. The minimum Gasteiger partial charge on any atom is -0.507 e. The molecule has 2 N–H and O–H groups in total. The molecular formula is C26H32N4O3S. The maximum Gasteiger partial charge on any atom is 0.340 e. The largest absolute Gasteiger partial charge is 0.507 e. The Morgan fingerprint density at radius 2 is 2.03 bits per heavy atom. The van der Waals surface area contributed by atoms with E-state index in [4.69, 9.17) is 4.74 Å². The van der Waals surface area contributed by atoms with Crippen LogP contribution < -0.4 is 5.43 Å². The zero-order valence-electron chi connectivity index (χ0n) is 20.4. The summed E-state index contributed by atoms with van der Waals surface area (Å²) in [6.07, 6.45) is 1.57. The number of phenolic OH excluding ortho intramolecular Hbond substituents is 1. The molecule has 3 rings (SSSR count). The Labute approximate surface area is 205 Å². The Morgan fingerprint density at radius 3 is 2.65 bits per heavy atom. The van der Waals surface area contributed by atoms with Crippen molar-refractivity contribution in [3.63, 3.8) is 0 Å². The molecule has 8 heteroatoms. The lowest BCUT2D eigenvalue weighted by molar-refractivity contribution is 0.0527. The van der Waals surface area contributed by atoms with Gasteiger partial charge in [-0.3, -0.25) is 0 Å². The highest BCUT2D eigenvalue weighted by Gasteiger charge is 2.28. The van der Waals surface area contributed by atoms with Gasteiger partial charge in [0, 0.05) is 53.5 Å². The number of rotatable bonds is 10. The summed E-state index contributed by atoms with van der Waals surface area (Å²) in [5.74, 6) is 0.273. The molecule has 1 heterocycles.